The van der Waals surface area contributed by atoms with E-state index in [9.17, 15) is 23.1 Å². The zero-order valence-electron chi connectivity index (χ0n) is 14.2. The number of halogens is 3. The van der Waals surface area contributed by atoms with Crippen LogP contribution in [0.15, 0.2) is 18.2 Å². The number of nitrogens with zero attached hydrogens (tertiary/aromatic N) is 2. The van der Waals surface area contributed by atoms with Gasteiger partial charge in [-0.05, 0) is 25.1 Å². The van der Waals surface area contributed by atoms with Crippen LogP contribution in [0.1, 0.15) is 24.5 Å². The molecule has 6 nitrogen and oxygen atoms in total. The molecule has 0 aromatic heterocycles. The van der Waals surface area contributed by atoms with Crippen molar-refractivity contribution in [2.24, 2.45) is 11.8 Å². The second kappa shape index (κ2) is 4.82. The topological polar surface area (TPSA) is 82.8 Å². The van der Waals surface area contributed by atoms with E-state index < -0.39 is 52.7 Å². The maximum absolute atomic E-state index is 13.3. The van der Waals surface area contributed by atoms with Gasteiger partial charge in [-0.25, -0.2) is 0 Å². The fourth-order valence-electron chi connectivity index (χ4n) is 5.40. The minimum Gasteiger partial charge on any atom is -0.390 e. The van der Waals surface area contributed by atoms with Crippen LogP contribution in [0.25, 0.3) is 0 Å². The molecule has 6 atom stereocenters. The van der Waals surface area contributed by atoms with Crippen LogP contribution in [0.2, 0.25) is 0 Å². The van der Waals surface area contributed by atoms with Crippen molar-refractivity contribution in [2.45, 2.75) is 43.1 Å². The second-order valence-corrected chi connectivity index (χ2v) is 7.84. The molecule has 0 saturated carbocycles. The quantitative estimate of drug-likeness (QED) is 0.804. The first-order valence-corrected chi connectivity index (χ1v) is 8.57. The molecule has 1 N–H and O–H groups in total. The second-order valence-electron chi connectivity index (χ2n) is 7.84. The Balaban J connectivity index is 1.61. The third kappa shape index (κ3) is 1.88. The molecule has 4 heterocycles. The smallest absolute Gasteiger partial charge is 0.390 e. The molecule has 0 radical (unpaired) electrons. The highest BCUT2D eigenvalue weighted by atomic mass is 19.4. The Bertz CT molecular complexity index is 913. The molecule has 1 amide bonds. The Kier molecular flexibility index (Phi) is 3.03. The molecule has 4 aliphatic rings. The zero-order valence-corrected chi connectivity index (χ0v) is 14.2. The van der Waals surface area contributed by atoms with Crippen LogP contribution in [-0.4, -0.2) is 41.2 Å². The fourth-order valence-corrected chi connectivity index (χ4v) is 5.40. The van der Waals surface area contributed by atoms with Crippen LogP contribution in [-0.2, 0) is 20.4 Å². The van der Waals surface area contributed by atoms with Gasteiger partial charge in [0.1, 0.15) is 11.8 Å². The number of alkyl halides is 3. The third-order valence-corrected chi connectivity index (χ3v) is 6.42. The number of hydrogen-bond donors (Lipinski definition) is 1. The summed E-state index contributed by atoms with van der Waals surface area (Å²) in [7, 11) is 0. The van der Waals surface area contributed by atoms with Gasteiger partial charge in [0.25, 0.3) is 0 Å². The number of rotatable bonds is 1. The zero-order chi connectivity index (χ0) is 19.4. The number of fused-ring (bicyclic) bond motifs is 2. The van der Waals surface area contributed by atoms with E-state index in [0.29, 0.717) is 0 Å². The average molecular weight is 380 g/mol. The Morgan fingerprint density at radius 2 is 2.15 bits per heavy atom. The van der Waals surface area contributed by atoms with E-state index >= 15 is 0 Å². The van der Waals surface area contributed by atoms with Crippen molar-refractivity contribution in [3.63, 3.8) is 0 Å². The highest BCUT2D eigenvalue weighted by molar-refractivity contribution is 6.00. The Morgan fingerprint density at radius 3 is 2.81 bits per heavy atom. The maximum Gasteiger partial charge on any atom is 0.417 e. The van der Waals surface area contributed by atoms with Crippen LogP contribution in [0.3, 0.4) is 0 Å². The number of hydrogen-bond acceptors (Lipinski definition) is 5. The summed E-state index contributed by atoms with van der Waals surface area (Å²) in [5.74, 6) is -1.40. The van der Waals surface area contributed by atoms with E-state index in [4.69, 9.17) is 14.7 Å². The van der Waals surface area contributed by atoms with Gasteiger partial charge in [0.2, 0.25) is 5.91 Å². The fraction of sp³-hybridized carbons (Fsp3) is 0.556. The summed E-state index contributed by atoms with van der Waals surface area (Å²) in [5.41, 5.74) is -3.43. The number of benzene rings is 1. The SMILES string of the molecule is CC12C[C@H](O)[C@]3(CO[C@H]4[C@@H]3[C@@H]1C(=O)N4c1ccc(C#N)c(C(F)(F)F)c1)O2. The van der Waals surface area contributed by atoms with Gasteiger partial charge in [0.05, 0.1) is 47.3 Å². The molecule has 1 spiro atoms. The Morgan fingerprint density at radius 1 is 1.41 bits per heavy atom. The van der Waals surface area contributed by atoms with Crippen molar-refractivity contribution in [1.29, 1.82) is 5.26 Å². The molecule has 142 valence electrons. The predicted molar refractivity (Wildman–Crippen MR) is 83.2 cm³/mol. The molecular weight excluding hydrogens is 365 g/mol. The molecular formula is C18H15F3N2O4. The van der Waals surface area contributed by atoms with Gasteiger partial charge >= 0.3 is 6.18 Å². The van der Waals surface area contributed by atoms with Gasteiger partial charge < -0.3 is 14.6 Å². The number of aliphatic hydroxyl groups excluding tert-OH is 1. The summed E-state index contributed by atoms with van der Waals surface area (Å²) in [6.07, 6.45) is -6.02. The average Bonchev–Trinajstić information content (AvgIpc) is 3.24. The van der Waals surface area contributed by atoms with E-state index in [1.807, 2.05) is 0 Å². The molecule has 0 aliphatic carbocycles. The van der Waals surface area contributed by atoms with Crippen molar-refractivity contribution in [3.05, 3.63) is 29.3 Å². The lowest BCUT2D eigenvalue weighted by Gasteiger charge is -2.31. The number of anilines is 1. The molecule has 2 bridgehead atoms. The van der Waals surface area contributed by atoms with Crippen LogP contribution >= 0.6 is 0 Å². The van der Waals surface area contributed by atoms with Crippen LogP contribution in [0.5, 0.6) is 0 Å². The monoisotopic (exact) mass is 380 g/mol. The van der Waals surface area contributed by atoms with Gasteiger partial charge in [0, 0.05) is 12.1 Å². The lowest BCUT2D eigenvalue weighted by molar-refractivity contribution is -0.138. The Labute approximate surface area is 152 Å². The lowest BCUT2D eigenvalue weighted by atomic mass is 9.68. The minimum atomic E-state index is -4.72. The minimum absolute atomic E-state index is 0.0280. The molecule has 5 rings (SSSR count). The van der Waals surface area contributed by atoms with Crippen molar-refractivity contribution >= 4 is 11.6 Å². The van der Waals surface area contributed by atoms with Crippen molar-refractivity contribution < 1.29 is 32.5 Å². The molecule has 4 saturated heterocycles. The first-order chi connectivity index (χ1) is 12.6. The van der Waals surface area contributed by atoms with Crippen LogP contribution < -0.4 is 4.90 Å². The molecule has 1 aromatic rings. The number of aliphatic hydroxyl groups is 1. The first kappa shape index (κ1) is 17.0. The number of carbonyl (C=O) groups excluding carboxylic acids is 1. The molecule has 4 aliphatic heterocycles. The van der Waals surface area contributed by atoms with E-state index in [1.165, 1.54) is 17.0 Å². The maximum atomic E-state index is 13.3. The van der Waals surface area contributed by atoms with Crippen LogP contribution in [0.4, 0.5) is 18.9 Å². The van der Waals surface area contributed by atoms with Crippen molar-refractivity contribution in [3.8, 4) is 6.07 Å². The van der Waals surface area contributed by atoms with Gasteiger partial charge in [-0.15, -0.1) is 0 Å². The summed E-state index contributed by atoms with van der Waals surface area (Å²) >= 11 is 0. The predicted octanol–water partition coefficient (Wildman–Crippen LogP) is 1.80. The van der Waals surface area contributed by atoms with Gasteiger partial charge in [-0.3, -0.25) is 9.69 Å². The van der Waals surface area contributed by atoms with Gasteiger partial charge in [-0.2, -0.15) is 18.4 Å². The summed E-state index contributed by atoms with van der Waals surface area (Å²) in [4.78, 5) is 14.4. The summed E-state index contributed by atoms with van der Waals surface area (Å²) in [6, 6.07) is 4.73. The van der Waals surface area contributed by atoms with E-state index in [2.05, 4.69) is 0 Å². The Hall–Kier alpha value is -2.15. The van der Waals surface area contributed by atoms with E-state index in [1.54, 1.807) is 6.92 Å². The summed E-state index contributed by atoms with van der Waals surface area (Å²) in [5, 5.41) is 19.4. The number of nitriles is 1. The largest absolute Gasteiger partial charge is 0.417 e. The van der Waals surface area contributed by atoms with Crippen molar-refractivity contribution in [2.75, 3.05) is 11.5 Å². The van der Waals surface area contributed by atoms with E-state index in [-0.39, 0.29) is 24.6 Å². The third-order valence-electron chi connectivity index (χ3n) is 6.42. The van der Waals surface area contributed by atoms with Crippen LogP contribution in [0, 0.1) is 23.2 Å². The normalized spacial score (nSPS) is 41.9. The first-order valence-electron chi connectivity index (χ1n) is 8.57. The lowest BCUT2D eigenvalue weighted by Crippen LogP contribution is -2.49. The van der Waals surface area contributed by atoms with Crippen molar-refractivity contribution in [1.82, 2.24) is 0 Å². The number of ether oxygens (including phenoxy) is 2. The highest BCUT2D eigenvalue weighted by Crippen LogP contribution is 2.65. The van der Waals surface area contributed by atoms with E-state index in [0.717, 1.165) is 12.1 Å². The molecule has 1 aromatic carbocycles. The molecule has 27 heavy (non-hydrogen) atoms. The van der Waals surface area contributed by atoms with Gasteiger partial charge in [0.15, 0.2) is 0 Å². The summed E-state index contributed by atoms with van der Waals surface area (Å²) < 4.78 is 51.8. The molecule has 9 heteroatoms. The molecule has 1 unspecified atom stereocenters. The highest BCUT2D eigenvalue weighted by Gasteiger charge is 2.80. The number of amides is 1. The standard InChI is InChI=1S/C18H15F3N2O4/c1-16-5-11(24)17(27-16)7-26-15-13(17)12(16)14(25)23(15)9-3-2-8(6-22)10(4-9)18(19,20)21/h2-4,11-13,15,24H,5,7H2,1H3/t11-,12+,13-,15-,16?,17-/m0/s1. The number of carbonyl (C=O) groups is 1. The molecule has 4 fully saturated rings. The summed E-state index contributed by atoms with van der Waals surface area (Å²) in [6.45, 7) is 1.84. The van der Waals surface area contributed by atoms with Gasteiger partial charge in [-0.1, -0.05) is 0 Å².